The third-order valence-corrected chi connectivity index (χ3v) is 5.76. The Morgan fingerprint density at radius 2 is 1.93 bits per heavy atom. The van der Waals surface area contributed by atoms with Crippen LogP contribution in [0.3, 0.4) is 0 Å². The summed E-state index contributed by atoms with van der Waals surface area (Å²) in [4.78, 5) is 25.1. The zero-order valence-corrected chi connectivity index (χ0v) is 15.7. The number of sulfonamides is 1. The minimum atomic E-state index is -3.85. The predicted molar refractivity (Wildman–Crippen MR) is 102 cm³/mol. The average molecular weight is 389 g/mol. The van der Waals surface area contributed by atoms with Crippen LogP contribution in [0.1, 0.15) is 12.5 Å². The lowest BCUT2D eigenvalue weighted by molar-refractivity contribution is -0.384. The van der Waals surface area contributed by atoms with E-state index in [1.165, 1.54) is 25.1 Å². The van der Waals surface area contributed by atoms with Crippen molar-refractivity contribution in [1.29, 1.82) is 0 Å². The van der Waals surface area contributed by atoms with Gasteiger partial charge in [-0.25, -0.2) is 8.42 Å². The molecule has 0 unspecified atom stereocenters. The van der Waals surface area contributed by atoms with Crippen LogP contribution in [0.15, 0.2) is 48.5 Å². The number of anilines is 2. The Morgan fingerprint density at radius 3 is 2.59 bits per heavy atom. The summed E-state index contributed by atoms with van der Waals surface area (Å²) in [5.74, 6) is -0.378. The maximum atomic E-state index is 13.1. The van der Waals surface area contributed by atoms with E-state index < -0.39 is 21.0 Å². The standard InChI is InChI=1S/C18H19N3O5S/c1-13(18(22)19-11-10-14-6-3-4-9-17(14)19)20(27(2,25)26)15-7-5-8-16(12-15)21(23)24/h3-9,12-13H,10-11H2,1-2H3/t13-/m1/s1. The van der Waals surface area contributed by atoms with E-state index >= 15 is 0 Å². The number of amides is 1. The van der Waals surface area contributed by atoms with Gasteiger partial charge in [0.25, 0.3) is 11.6 Å². The van der Waals surface area contributed by atoms with E-state index in [9.17, 15) is 23.3 Å². The van der Waals surface area contributed by atoms with E-state index in [4.69, 9.17) is 0 Å². The van der Waals surface area contributed by atoms with E-state index in [0.29, 0.717) is 13.0 Å². The summed E-state index contributed by atoms with van der Waals surface area (Å²) in [5, 5.41) is 11.0. The highest BCUT2D eigenvalue weighted by atomic mass is 32.2. The number of carbonyl (C=O) groups is 1. The van der Waals surface area contributed by atoms with Gasteiger partial charge in [0.2, 0.25) is 10.0 Å². The van der Waals surface area contributed by atoms with Gasteiger partial charge in [-0.1, -0.05) is 24.3 Å². The molecule has 1 aliphatic heterocycles. The first-order valence-electron chi connectivity index (χ1n) is 8.33. The molecule has 0 radical (unpaired) electrons. The van der Waals surface area contributed by atoms with Gasteiger partial charge in [-0.3, -0.25) is 19.2 Å². The van der Waals surface area contributed by atoms with Crippen LogP contribution in [0.5, 0.6) is 0 Å². The summed E-state index contributed by atoms with van der Waals surface area (Å²) >= 11 is 0. The van der Waals surface area contributed by atoms with Crippen LogP contribution in [0.25, 0.3) is 0 Å². The summed E-state index contributed by atoms with van der Waals surface area (Å²) in [6.07, 6.45) is 1.68. The third kappa shape index (κ3) is 3.63. The zero-order chi connectivity index (χ0) is 19.8. The van der Waals surface area contributed by atoms with Gasteiger partial charge in [0.15, 0.2) is 0 Å². The third-order valence-electron chi connectivity index (χ3n) is 4.51. The minimum Gasteiger partial charge on any atom is -0.310 e. The summed E-state index contributed by atoms with van der Waals surface area (Å²) in [5.41, 5.74) is 1.63. The molecule has 0 saturated carbocycles. The van der Waals surface area contributed by atoms with Crippen molar-refractivity contribution < 1.29 is 18.1 Å². The number of non-ortho nitro benzene ring substituents is 1. The number of hydrogen-bond donors (Lipinski definition) is 0. The van der Waals surface area contributed by atoms with Crippen LogP contribution in [0.2, 0.25) is 0 Å². The van der Waals surface area contributed by atoms with E-state index in [1.807, 2.05) is 24.3 Å². The van der Waals surface area contributed by atoms with Crippen LogP contribution >= 0.6 is 0 Å². The summed E-state index contributed by atoms with van der Waals surface area (Å²) in [6.45, 7) is 1.96. The second-order valence-electron chi connectivity index (χ2n) is 6.38. The summed E-state index contributed by atoms with van der Waals surface area (Å²) in [7, 11) is -3.85. The zero-order valence-electron chi connectivity index (χ0n) is 14.9. The maximum Gasteiger partial charge on any atom is 0.271 e. The molecule has 0 aliphatic carbocycles. The number of fused-ring (bicyclic) bond motifs is 1. The lowest BCUT2D eigenvalue weighted by atomic mass is 10.2. The monoisotopic (exact) mass is 389 g/mol. The normalized spacial score (nSPS) is 14.5. The lowest BCUT2D eigenvalue weighted by Gasteiger charge is -2.31. The smallest absolute Gasteiger partial charge is 0.271 e. The van der Waals surface area contributed by atoms with E-state index in [0.717, 1.165) is 27.9 Å². The molecule has 1 heterocycles. The van der Waals surface area contributed by atoms with Crippen molar-refractivity contribution in [2.45, 2.75) is 19.4 Å². The van der Waals surface area contributed by atoms with Gasteiger partial charge >= 0.3 is 0 Å². The minimum absolute atomic E-state index is 0.0834. The first kappa shape index (κ1) is 18.8. The van der Waals surface area contributed by atoms with Crippen LogP contribution in [0, 0.1) is 10.1 Å². The summed E-state index contributed by atoms with van der Waals surface area (Å²) in [6, 6.07) is 11.7. The fraction of sp³-hybridized carbons (Fsp3) is 0.278. The average Bonchev–Trinajstić information content (AvgIpc) is 3.04. The topological polar surface area (TPSA) is 101 Å². The number of nitrogens with zero attached hydrogens (tertiary/aromatic N) is 3. The SMILES string of the molecule is C[C@H](C(=O)N1CCc2ccccc21)N(c1cccc([N+](=O)[O-])c1)S(C)(=O)=O. The van der Waals surface area contributed by atoms with E-state index in [2.05, 4.69) is 0 Å². The Hall–Kier alpha value is -2.94. The highest BCUT2D eigenvalue weighted by Crippen LogP contribution is 2.31. The van der Waals surface area contributed by atoms with Crippen LogP contribution < -0.4 is 9.21 Å². The first-order valence-corrected chi connectivity index (χ1v) is 10.2. The summed E-state index contributed by atoms with van der Waals surface area (Å²) < 4.78 is 25.7. The molecule has 9 heteroatoms. The molecule has 0 N–H and O–H groups in total. The molecule has 0 aromatic heterocycles. The molecule has 0 fully saturated rings. The molecule has 1 atom stereocenters. The Labute approximate surface area is 157 Å². The number of benzene rings is 2. The molecule has 0 saturated heterocycles. The molecular formula is C18H19N3O5S. The van der Waals surface area contributed by atoms with Gasteiger partial charge in [-0.15, -0.1) is 0 Å². The van der Waals surface area contributed by atoms with Gasteiger partial charge in [-0.05, 0) is 31.0 Å². The number of nitro groups is 1. The van der Waals surface area contributed by atoms with Crippen molar-refractivity contribution >= 4 is 33.0 Å². The molecule has 8 nitrogen and oxygen atoms in total. The quantitative estimate of drug-likeness (QED) is 0.577. The molecular weight excluding hydrogens is 370 g/mol. The van der Waals surface area contributed by atoms with Crippen LogP contribution in [0.4, 0.5) is 17.1 Å². The number of hydrogen-bond acceptors (Lipinski definition) is 5. The second-order valence-corrected chi connectivity index (χ2v) is 8.24. The number of carbonyl (C=O) groups excluding carboxylic acids is 1. The Kier molecular flexibility index (Phi) is 4.88. The molecule has 2 aromatic carbocycles. The number of para-hydroxylation sites is 1. The second kappa shape index (κ2) is 6.99. The van der Waals surface area contributed by atoms with Gasteiger partial charge in [-0.2, -0.15) is 0 Å². The molecule has 3 rings (SSSR count). The van der Waals surface area contributed by atoms with Crippen molar-refractivity contribution in [2.75, 3.05) is 22.0 Å². The Balaban J connectivity index is 1.98. The van der Waals surface area contributed by atoms with Gasteiger partial charge in [0, 0.05) is 24.4 Å². The maximum absolute atomic E-state index is 13.1. The fourth-order valence-corrected chi connectivity index (χ4v) is 4.50. The molecule has 142 valence electrons. The van der Waals surface area contributed by atoms with E-state index in [1.54, 1.807) is 4.90 Å². The highest BCUT2D eigenvalue weighted by Gasteiger charge is 2.35. The Morgan fingerprint density at radius 1 is 1.22 bits per heavy atom. The molecule has 1 aliphatic rings. The molecule has 2 aromatic rings. The molecule has 0 spiro atoms. The van der Waals surface area contributed by atoms with E-state index in [-0.39, 0.29) is 17.3 Å². The molecule has 1 amide bonds. The Bertz CT molecular complexity index is 1010. The largest absolute Gasteiger partial charge is 0.310 e. The molecule has 0 bridgehead atoms. The van der Waals surface area contributed by atoms with Crippen molar-refractivity contribution in [3.05, 3.63) is 64.2 Å². The highest BCUT2D eigenvalue weighted by molar-refractivity contribution is 7.92. The van der Waals surface area contributed by atoms with Crippen molar-refractivity contribution in [1.82, 2.24) is 0 Å². The van der Waals surface area contributed by atoms with Crippen molar-refractivity contribution in [2.24, 2.45) is 0 Å². The van der Waals surface area contributed by atoms with Gasteiger partial charge in [0.1, 0.15) is 6.04 Å². The van der Waals surface area contributed by atoms with Crippen molar-refractivity contribution in [3.63, 3.8) is 0 Å². The predicted octanol–water partition coefficient (Wildman–Crippen LogP) is 2.34. The number of rotatable bonds is 5. The van der Waals surface area contributed by atoms with Crippen molar-refractivity contribution in [3.8, 4) is 0 Å². The number of nitro benzene ring substituents is 1. The van der Waals surface area contributed by atoms with Gasteiger partial charge in [0.05, 0.1) is 16.9 Å². The van der Waals surface area contributed by atoms with Crippen LogP contribution in [-0.4, -0.2) is 38.1 Å². The first-order chi connectivity index (χ1) is 12.7. The fourth-order valence-electron chi connectivity index (χ4n) is 3.34. The van der Waals surface area contributed by atoms with Crippen LogP contribution in [-0.2, 0) is 21.2 Å². The lowest BCUT2D eigenvalue weighted by Crippen LogP contribution is -2.49. The van der Waals surface area contributed by atoms with Gasteiger partial charge < -0.3 is 4.90 Å². The molecule has 27 heavy (non-hydrogen) atoms.